The van der Waals surface area contributed by atoms with Gasteiger partial charge >= 0.3 is 46.7 Å². The van der Waals surface area contributed by atoms with Crippen LogP contribution in [-0.4, -0.2) is 381 Å². The maximum absolute atomic E-state index is 13.8. The molecule has 4 fully saturated rings. The lowest BCUT2D eigenvalue weighted by molar-refractivity contribution is -0.282. The highest BCUT2D eigenvalue weighted by Crippen LogP contribution is 2.53. The van der Waals surface area contributed by atoms with Crippen molar-refractivity contribution in [2.75, 3.05) is 166 Å². The van der Waals surface area contributed by atoms with Crippen molar-refractivity contribution in [1.29, 1.82) is 0 Å². The van der Waals surface area contributed by atoms with Crippen LogP contribution < -0.4 is 10.6 Å². The van der Waals surface area contributed by atoms with Crippen LogP contribution in [0.4, 0.5) is 0 Å². The molecule has 59 heteroatoms. The number of aliphatic hydroxyl groups excluding tert-OH is 10. The average molecular weight is 2060 g/mol. The number of fused-ring (bicyclic) bond motifs is 1. The van der Waals surface area contributed by atoms with Crippen LogP contribution in [0.15, 0.2) is 12.7 Å². The predicted octanol–water partition coefficient (Wildman–Crippen LogP) is 1.53. The Hall–Kier alpha value is -2.69. The summed E-state index contributed by atoms with van der Waals surface area (Å²) in [6, 6.07) is -2.26. The Morgan fingerprint density at radius 1 is 0.455 bits per heavy atom. The van der Waals surface area contributed by atoms with E-state index in [4.69, 9.17) is 107 Å². The minimum atomic E-state index is -5.21. The first-order chi connectivity index (χ1) is 63.5. The van der Waals surface area contributed by atoms with Crippen LogP contribution >= 0.6 is 46.7 Å². The fourth-order valence-corrected chi connectivity index (χ4v) is 18.2. The minimum Gasteiger partial charge on any atom is -0.396 e. The van der Waals surface area contributed by atoms with E-state index in [-0.39, 0.29) is 98.0 Å². The van der Waals surface area contributed by atoms with E-state index in [1.165, 1.54) is 44.9 Å². The predicted molar refractivity (Wildman–Crippen MR) is 459 cm³/mol. The number of carbonyl (C=O) groups excluding carboxylic acids is 2. The molecule has 6 rings (SSSR count). The van der Waals surface area contributed by atoms with Crippen LogP contribution in [0.3, 0.4) is 0 Å². The molecule has 0 bridgehead atoms. The fraction of sp³-hybridized carbons (Fsp3) is 0.907. The number of carbonyl (C=O) groups is 2. The highest BCUT2D eigenvalue weighted by molar-refractivity contribution is 7.53. The number of unbranched alkanes of at least 4 members (excludes halogenated alkanes) is 9. The van der Waals surface area contributed by atoms with Crippen LogP contribution in [0.25, 0.3) is 11.2 Å². The number of hydrogen-bond donors (Lipinski definition) is 18. The third-order valence-electron chi connectivity index (χ3n) is 21.2. The van der Waals surface area contributed by atoms with E-state index in [1.54, 1.807) is 13.8 Å². The number of nitrogens with one attached hydrogen (secondary N) is 2. The Morgan fingerprint density at radius 3 is 1.25 bits per heavy atom. The molecule has 18 N–H and O–H groups in total. The number of rotatable bonds is 74. The molecule has 0 radical (unpaired) electrons. The largest absolute Gasteiger partial charge is 0.474 e. The Balaban J connectivity index is 1.04. The van der Waals surface area contributed by atoms with Gasteiger partial charge in [-0.15, -0.1) is 0 Å². The topological polar surface area (TPSA) is 740 Å². The smallest absolute Gasteiger partial charge is 0.396 e. The number of nitrogens with zero attached hydrogens (tertiary/aromatic N) is 4. The summed E-state index contributed by atoms with van der Waals surface area (Å²) < 4.78 is 207. The van der Waals surface area contributed by atoms with Gasteiger partial charge in [0.2, 0.25) is 11.8 Å². The van der Waals surface area contributed by atoms with Crippen LogP contribution in [0.1, 0.15) is 149 Å². The molecular weight excluding hydrogens is 1920 g/mol. The third-order valence-corrected chi connectivity index (χ3v) is 27.9. The number of phosphoric acid groups is 5. The Kier molecular flexibility index (Phi) is 55.0. The molecular formula is C75H140N6O47P6. The average Bonchev–Trinajstić information content (AvgIpc) is 1.58. The van der Waals surface area contributed by atoms with Crippen molar-refractivity contribution < 1.29 is 224 Å². The normalized spacial score (nSPS) is 28.1. The standard InChI is InChI=1S/C75H140N6O47P6/c1-50(2)129(94,95)120-41-60-56(34-61(124-60)81-47-78-62-52(4)76-46-77-71(62)81)128-134(104,105)123-49-110-40-55(35-82)39-109-48-122-133(102,103)121-45-75(42-106-22-19-31-117-130(96,97)114-28-16-10-7-13-25-111-72-51(3)65(88)66(89)57(36-83)125-72,43-107-23-20-32-118-131(98,99)115-29-17-11-8-14-26-112-73-63(79-53(5)86)69(92)67(90)58(37-84)126-73)44-108-24-21-33-119-132(100,101)116-30-18-12-9-15-27-113-74-64(80-54(6)87)70(93)68(91)59(38-85)127-74/h46-47,50-51,55-61,63-70,72-74,82-85,88-93H,7-45,48-49H2,1-6H3,(H,79,86)(H,80,87)(H,94,95)(H,96,97)(H,98,99)(H,100,101)(H,102,103)(H,104,105)/t51?,55?,56-,57?,58?,59?,60+,61+,63?,64?,65+,66-,67-,68-,69+,70+,72+,73+,74+,75?/m0/s1. The number of amides is 2. The molecule has 6 heterocycles. The van der Waals surface area contributed by atoms with E-state index >= 15 is 0 Å². The van der Waals surface area contributed by atoms with Gasteiger partial charge in [-0.05, 0) is 64.7 Å². The van der Waals surface area contributed by atoms with Gasteiger partial charge < -0.3 is 152 Å². The zero-order valence-corrected chi connectivity index (χ0v) is 81.3. The number of phosphoric ester groups is 5. The van der Waals surface area contributed by atoms with Crippen molar-refractivity contribution in [3.8, 4) is 0 Å². The van der Waals surface area contributed by atoms with Gasteiger partial charge in [0.15, 0.2) is 38.1 Å². The molecule has 4 aliphatic rings. The summed E-state index contributed by atoms with van der Waals surface area (Å²) in [6.07, 6.45) is -10.7. The summed E-state index contributed by atoms with van der Waals surface area (Å²) in [6.45, 7) is -1.45. The molecule has 2 aromatic heterocycles. The summed E-state index contributed by atoms with van der Waals surface area (Å²) in [5, 5.41) is 106. The van der Waals surface area contributed by atoms with Gasteiger partial charge in [0.25, 0.3) is 0 Å². The molecule has 53 nitrogen and oxygen atoms in total. The van der Waals surface area contributed by atoms with Gasteiger partial charge in [0, 0.05) is 71.7 Å². The first kappa shape index (κ1) is 120. The van der Waals surface area contributed by atoms with Crippen LogP contribution in [-0.2, 0) is 144 Å². The third kappa shape index (κ3) is 43.5. The SMILES string of the molecule is CC(=O)NC1[C@H](OCCCCCCOP(=O)(O)OCCCOCC(COCCCOP(=O)(O)OCCCCCCO[C@@H]2OC(CO)[C@H](O)[C@H](O)C2C)(COCCCOP(=O)(O)OCCCCCCO[C@@H]2OC(CO)[C@H](O)[C@H](O)C2NC(C)=O)COP(=O)(O)OCOCC(CO)COCOP(=O)(O)O[C@H]2C[C@H](n3cnc4c(C)ncnc43)O[C@@H]2COP(=O)(O)C(C)C)OC(CO)[C@H](O)[C@@H]1O. The molecule has 25 atom stereocenters. The number of aliphatic hydroxyl groups is 10. The van der Waals surface area contributed by atoms with Gasteiger partial charge in [-0.2, -0.15) is 0 Å². The lowest BCUT2D eigenvalue weighted by atomic mass is 9.92. The maximum atomic E-state index is 13.8. The maximum Gasteiger partial charge on any atom is 0.474 e. The molecule has 13 unspecified atom stereocenters. The van der Waals surface area contributed by atoms with Crippen molar-refractivity contribution in [3.63, 3.8) is 0 Å². The van der Waals surface area contributed by atoms with Gasteiger partial charge in [0.1, 0.15) is 91.2 Å². The van der Waals surface area contributed by atoms with Crippen LogP contribution in [0, 0.1) is 24.2 Å². The second-order valence-electron chi connectivity index (χ2n) is 32.7. The van der Waals surface area contributed by atoms with Gasteiger partial charge in [0.05, 0.1) is 142 Å². The zero-order valence-electron chi connectivity index (χ0n) is 76.0. The summed E-state index contributed by atoms with van der Waals surface area (Å²) in [4.78, 5) is 100. The molecule has 0 saturated carbocycles. The van der Waals surface area contributed by atoms with Crippen molar-refractivity contribution in [1.82, 2.24) is 30.2 Å². The van der Waals surface area contributed by atoms with E-state index in [2.05, 4.69) is 25.6 Å². The Labute approximate surface area is 776 Å². The lowest BCUT2D eigenvalue weighted by Crippen LogP contribution is -2.64. The first-order valence-corrected chi connectivity index (χ1v) is 53.3. The number of aromatic nitrogens is 4. The molecule has 4 aliphatic heterocycles. The summed E-state index contributed by atoms with van der Waals surface area (Å²) in [5.74, 6) is -2.58. The number of aryl methyl sites for hydroxylation is 1. The van der Waals surface area contributed by atoms with E-state index in [0.717, 1.165) is 0 Å². The highest BCUT2D eigenvalue weighted by atomic mass is 31.2. The molecule has 2 aromatic rings. The van der Waals surface area contributed by atoms with Crippen molar-refractivity contribution >= 4 is 69.7 Å². The highest BCUT2D eigenvalue weighted by Gasteiger charge is 2.49. The van der Waals surface area contributed by atoms with Crippen LogP contribution in [0.2, 0.25) is 0 Å². The monoisotopic (exact) mass is 2060 g/mol. The summed E-state index contributed by atoms with van der Waals surface area (Å²) >= 11 is 0. The second-order valence-corrected chi connectivity index (χ2v) is 42.3. The lowest BCUT2D eigenvalue weighted by Gasteiger charge is -2.42. The fourth-order valence-electron chi connectivity index (χ4n) is 13.6. The Morgan fingerprint density at radius 2 is 0.843 bits per heavy atom. The Bertz CT molecular complexity index is 3860. The van der Waals surface area contributed by atoms with E-state index in [1.807, 2.05) is 0 Å². The van der Waals surface area contributed by atoms with Gasteiger partial charge in [-0.25, -0.2) is 37.8 Å². The molecule has 134 heavy (non-hydrogen) atoms. The number of ether oxygens (including phenoxy) is 12. The first-order valence-electron chi connectivity index (χ1n) is 44.2. The minimum absolute atomic E-state index is 0.0664. The summed E-state index contributed by atoms with van der Waals surface area (Å²) in [5.41, 5.74) is -1.11. The van der Waals surface area contributed by atoms with Gasteiger partial charge in [-0.1, -0.05) is 59.3 Å². The van der Waals surface area contributed by atoms with Crippen LogP contribution in [0.5, 0.6) is 0 Å². The van der Waals surface area contributed by atoms with Crippen molar-refractivity contribution in [2.24, 2.45) is 17.3 Å². The molecule has 782 valence electrons. The van der Waals surface area contributed by atoms with E-state index in [9.17, 15) is 117 Å². The van der Waals surface area contributed by atoms with Crippen molar-refractivity contribution in [3.05, 3.63) is 18.3 Å². The molecule has 0 aliphatic carbocycles. The van der Waals surface area contributed by atoms with E-state index in [0.29, 0.717) is 81.1 Å². The second kappa shape index (κ2) is 61.4. The quantitative estimate of drug-likeness (QED) is 0.0254. The molecule has 0 aromatic carbocycles. The van der Waals surface area contributed by atoms with E-state index < -0.39 is 292 Å². The van der Waals surface area contributed by atoms with Crippen molar-refractivity contribution in [2.45, 2.75) is 254 Å². The molecule has 4 saturated heterocycles. The molecule has 2 amide bonds. The number of imidazole rings is 1. The molecule has 0 spiro atoms. The zero-order chi connectivity index (χ0) is 98.7. The number of hydrogen-bond acceptors (Lipinski definition) is 44. The summed E-state index contributed by atoms with van der Waals surface area (Å²) in [7, 11) is -28.4. The van der Waals surface area contributed by atoms with Gasteiger partial charge in [-0.3, -0.25) is 64.0 Å².